The Balaban J connectivity index is 1.84. The van der Waals surface area contributed by atoms with E-state index < -0.39 is 17.6 Å². The van der Waals surface area contributed by atoms with E-state index in [1.807, 2.05) is 4.90 Å². The van der Waals surface area contributed by atoms with Crippen molar-refractivity contribution in [1.29, 1.82) is 0 Å². The Hall–Kier alpha value is -2.09. The summed E-state index contributed by atoms with van der Waals surface area (Å²) in [5, 5.41) is 5.32. The van der Waals surface area contributed by atoms with Crippen LogP contribution in [0.25, 0.3) is 0 Å². The number of halogens is 3. The lowest BCUT2D eigenvalue weighted by Gasteiger charge is -2.22. The van der Waals surface area contributed by atoms with Crippen molar-refractivity contribution in [3.8, 4) is 0 Å². The number of hydrogen-bond donors (Lipinski definition) is 1. The van der Waals surface area contributed by atoms with Crippen molar-refractivity contribution in [3.63, 3.8) is 0 Å². The highest BCUT2D eigenvalue weighted by molar-refractivity contribution is 7.09. The number of thiazole rings is 1. The molecule has 0 atom stereocenters. The molecule has 8 heteroatoms. The summed E-state index contributed by atoms with van der Waals surface area (Å²) in [6.45, 7) is 5.78. The highest BCUT2D eigenvalue weighted by atomic mass is 32.1. The summed E-state index contributed by atoms with van der Waals surface area (Å²) in [6.07, 6.45) is 1.60. The molecular formula is C22H28F3N3OS. The number of aromatic nitrogens is 1. The van der Waals surface area contributed by atoms with Gasteiger partial charge in [-0.05, 0) is 43.9 Å². The van der Waals surface area contributed by atoms with Crippen LogP contribution in [-0.4, -0.2) is 24.0 Å². The van der Waals surface area contributed by atoms with Gasteiger partial charge in [0, 0.05) is 24.4 Å². The van der Waals surface area contributed by atoms with E-state index in [1.54, 1.807) is 5.38 Å². The Kier molecular flexibility index (Phi) is 7.39. The standard InChI is InChI=1S/C22H28F3N3OS/c1-3-7-15(8-4-2)21-27-18(14-30-21)20(29)26-17-13-16(22(23,24)25)9-10-19(17)28-11-5-6-12-28/h9-10,13-15H,3-8,11-12H2,1-2H3,(H,26,29). The monoisotopic (exact) mass is 439 g/mol. The number of nitrogens with one attached hydrogen (secondary N) is 1. The summed E-state index contributed by atoms with van der Waals surface area (Å²) in [5.41, 5.74) is 0.298. The highest BCUT2D eigenvalue weighted by Gasteiger charge is 2.32. The summed E-state index contributed by atoms with van der Waals surface area (Å²) >= 11 is 1.45. The van der Waals surface area contributed by atoms with Crippen molar-refractivity contribution in [2.24, 2.45) is 0 Å². The van der Waals surface area contributed by atoms with Crippen LogP contribution < -0.4 is 10.2 Å². The van der Waals surface area contributed by atoms with Crippen LogP contribution in [-0.2, 0) is 6.18 Å². The predicted octanol–water partition coefficient (Wildman–Crippen LogP) is 6.70. The van der Waals surface area contributed by atoms with Gasteiger partial charge < -0.3 is 10.2 Å². The van der Waals surface area contributed by atoms with E-state index in [-0.39, 0.29) is 11.4 Å². The quantitative estimate of drug-likeness (QED) is 0.498. The minimum Gasteiger partial charge on any atom is -0.370 e. The minimum absolute atomic E-state index is 0.185. The van der Waals surface area contributed by atoms with E-state index in [2.05, 4.69) is 24.1 Å². The molecule has 164 valence electrons. The molecule has 2 aromatic rings. The van der Waals surface area contributed by atoms with E-state index in [9.17, 15) is 18.0 Å². The zero-order valence-corrected chi connectivity index (χ0v) is 18.2. The molecule has 4 nitrogen and oxygen atoms in total. The van der Waals surface area contributed by atoms with Gasteiger partial charge in [-0.15, -0.1) is 11.3 Å². The lowest BCUT2D eigenvalue weighted by molar-refractivity contribution is -0.137. The molecule has 1 aliphatic heterocycles. The first-order valence-corrected chi connectivity index (χ1v) is 11.4. The molecule has 1 saturated heterocycles. The summed E-state index contributed by atoms with van der Waals surface area (Å²) in [4.78, 5) is 19.4. The first-order valence-electron chi connectivity index (χ1n) is 10.6. The maximum atomic E-state index is 13.2. The van der Waals surface area contributed by atoms with Gasteiger partial charge in [-0.2, -0.15) is 13.2 Å². The van der Waals surface area contributed by atoms with Crippen molar-refractivity contribution >= 4 is 28.6 Å². The van der Waals surface area contributed by atoms with Gasteiger partial charge >= 0.3 is 6.18 Å². The molecule has 1 aromatic heterocycles. The zero-order chi connectivity index (χ0) is 21.7. The normalized spacial score (nSPS) is 14.5. The fraction of sp³-hybridized carbons (Fsp3) is 0.545. The number of rotatable bonds is 8. The van der Waals surface area contributed by atoms with Crippen LogP contribution in [0.3, 0.4) is 0 Å². The van der Waals surface area contributed by atoms with Gasteiger partial charge in [0.25, 0.3) is 5.91 Å². The fourth-order valence-corrected chi connectivity index (χ4v) is 4.87. The van der Waals surface area contributed by atoms with Crippen LogP contribution >= 0.6 is 11.3 Å². The fourth-order valence-electron chi connectivity index (χ4n) is 3.90. The SMILES string of the molecule is CCCC(CCC)c1nc(C(=O)Nc2cc(C(F)(F)F)ccc2N2CCCC2)cs1. The minimum atomic E-state index is -4.47. The third-order valence-electron chi connectivity index (χ3n) is 5.40. The summed E-state index contributed by atoms with van der Waals surface area (Å²) < 4.78 is 39.7. The second-order valence-corrected chi connectivity index (χ2v) is 8.61. The predicted molar refractivity (Wildman–Crippen MR) is 116 cm³/mol. The van der Waals surface area contributed by atoms with E-state index in [4.69, 9.17) is 0 Å². The van der Waals surface area contributed by atoms with Gasteiger partial charge in [-0.1, -0.05) is 26.7 Å². The number of carbonyl (C=O) groups is 1. The third-order valence-corrected chi connectivity index (χ3v) is 6.40. The molecule has 0 radical (unpaired) electrons. The average Bonchev–Trinajstić information content (AvgIpc) is 3.39. The number of alkyl halides is 3. The van der Waals surface area contributed by atoms with Crippen molar-refractivity contribution in [1.82, 2.24) is 4.98 Å². The van der Waals surface area contributed by atoms with Crippen molar-refractivity contribution in [2.45, 2.75) is 64.5 Å². The van der Waals surface area contributed by atoms with Crippen LogP contribution in [0.5, 0.6) is 0 Å². The maximum Gasteiger partial charge on any atom is 0.416 e. The topological polar surface area (TPSA) is 45.2 Å². The van der Waals surface area contributed by atoms with Gasteiger partial charge in [0.15, 0.2) is 0 Å². The molecule has 30 heavy (non-hydrogen) atoms. The largest absolute Gasteiger partial charge is 0.416 e. The summed E-state index contributed by atoms with van der Waals surface area (Å²) in [6, 6.07) is 3.55. The molecule has 0 bridgehead atoms. The number of carbonyl (C=O) groups excluding carboxylic acids is 1. The Labute approximate surface area is 179 Å². The molecule has 1 N–H and O–H groups in total. The van der Waals surface area contributed by atoms with E-state index in [0.717, 1.165) is 68.8 Å². The first kappa shape index (κ1) is 22.6. The molecule has 1 fully saturated rings. The molecular weight excluding hydrogens is 411 g/mol. The molecule has 0 saturated carbocycles. The van der Waals surface area contributed by atoms with E-state index in [0.29, 0.717) is 11.6 Å². The number of hydrogen-bond acceptors (Lipinski definition) is 4. The van der Waals surface area contributed by atoms with Crippen LogP contribution in [0.4, 0.5) is 24.5 Å². The number of nitrogens with zero attached hydrogens (tertiary/aromatic N) is 2. The average molecular weight is 440 g/mol. The molecule has 1 aromatic carbocycles. The number of anilines is 2. The van der Waals surface area contributed by atoms with Gasteiger partial charge in [0.2, 0.25) is 0 Å². The molecule has 0 unspecified atom stereocenters. The van der Waals surface area contributed by atoms with Crippen LogP contribution in [0.1, 0.15) is 79.3 Å². The second kappa shape index (κ2) is 9.81. The van der Waals surface area contributed by atoms with E-state index >= 15 is 0 Å². The van der Waals surface area contributed by atoms with Gasteiger partial charge in [-0.25, -0.2) is 4.98 Å². The van der Waals surface area contributed by atoms with Gasteiger partial charge in [0.05, 0.1) is 21.9 Å². The zero-order valence-electron chi connectivity index (χ0n) is 17.4. The third kappa shape index (κ3) is 5.33. The molecule has 0 spiro atoms. The summed E-state index contributed by atoms with van der Waals surface area (Å²) in [5.74, 6) is -0.149. The highest BCUT2D eigenvalue weighted by Crippen LogP contribution is 2.37. The smallest absolute Gasteiger partial charge is 0.370 e. The van der Waals surface area contributed by atoms with Gasteiger partial charge in [-0.3, -0.25) is 4.79 Å². The Morgan fingerprint density at radius 1 is 1.20 bits per heavy atom. The molecule has 1 aliphatic rings. The molecule has 3 rings (SSSR count). The first-order chi connectivity index (χ1) is 14.3. The van der Waals surface area contributed by atoms with Gasteiger partial charge in [0.1, 0.15) is 5.69 Å². The Bertz CT molecular complexity index is 854. The van der Waals surface area contributed by atoms with Crippen LogP contribution in [0.15, 0.2) is 23.6 Å². The molecule has 0 aliphatic carbocycles. The van der Waals surface area contributed by atoms with Crippen molar-refractivity contribution < 1.29 is 18.0 Å². The second-order valence-electron chi connectivity index (χ2n) is 7.72. The van der Waals surface area contributed by atoms with Crippen LogP contribution in [0.2, 0.25) is 0 Å². The Morgan fingerprint density at radius 2 is 1.87 bits per heavy atom. The molecule has 2 heterocycles. The lowest BCUT2D eigenvalue weighted by atomic mass is 9.99. The van der Waals surface area contributed by atoms with E-state index in [1.165, 1.54) is 17.4 Å². The van der Waals surface area contributed by atoms with Crippen LogP contribution in [0, 0.1) is 0 Å². The number of benzene rings is 1. The Morgan fingerprint density at radius 3 is 2.47 bits per heavy atom. The maximum absolute atomic E-state index is 13.2. The summed E-state index contributed by atoms with van der Waals surface area (Å²) in [7, 11) is 0. The lowest BCUT2D eigenvalue weighted by Crippen LogP contribution is -2.22. The number of amides is 1. The molecule has 1 amide bonds. The van der Waals surface area contributed by atoms with Crippen molar-refractivity contribution in [3.05, 3.63) is 39.8 Å². The van der Waals surface area contributed by atoms with Crippen molar-refractivity contribution in [2.75, 3.05) is 23.3 Å².